The van der Waals surface area contributed by atoms with E-state index in [9.17, 15) is 14.7 Å². The molecule has 2 saturated heterocycles. The molecule has 1 N–H and O–H groups in total. The van der Waals surface area contributed by atoms with E-state index in [1.807, 2.05) is 23.1 Å². The first-order valence-electron chi connectivity index (χ1n) is 12.2. The minimum Gasteiger partial charge on any atom is -0.476 e. The Balaban J connectivity index is 1.14. The largest absolute Gasteiger partial charge is 0.476 e. The van der Waals surface area contributed by atoms with Crippen molar-refractivity contribution in [1.82, 2.24) is 14.7 Å². The summed E-state index contributed by atoms with van der Waals surface area (Å²) in [6.07, 6.45) is 4.99. The van der Waals surface area contributed by atoms with Gasteiger partial charge in [-0.3, -0.25) is 9.48 Å². The summed E-state index contributed by atoms with van der Waals surface area (Å²) in [4.78, 5) is 26.1. The van der Waals surface area contributed by atoms with E-state index in [1.54, 1.807) is 11.7 Å². The Morgan fingerprint density at radius 3 is 2.50 bits per heavy atom. The Hall–Kier alpha value is -3.19. The Labute approximate surface area is 198 Å². The number of likely N-dealkylation sites (tertiary alicyclic amines) is 1. The first-order valence-corrected chi connectivity index (χ1v) is 12.2. The van der Waals surface area contributed by atoms with Crippen molar-refractivity contribution in [2.24, 2.45) is 12.5 Å². The molecule has 176 valence electrons. The zero-order valence-corrected chi connectivity index (χ0v) is 19.4. The van der Waals surface area contributed by atoms with Crippen LogP contribution in [0.25, 0.3) is 22.0 Å². The Morgan fingerprint density at radius 2 is 1.82 bits per heavy atom. The van der Waals surface area contributed by atoms with Crippen molar-refractivity contribution in [2.75, 3.05) is 19.7 Å². The normalized spacial score (nSPS) is 23.5. The van der Waals surface area contributed by atoms with E-state index in [0.717, 1.165) is 55.4 Å². The third-order valence-electron chi connectivity index (χ3n) is 8.17. The second kappa shape index (κ2) is 7.94. The lowest BCUT2D eigenvalue weighted by atomic mass is 9.88. The van der Waals surface area contributed by atoms with Crippen LogP contribution in [0.1, 0.15) is 54.1 Å². The summed E-state index contributed by atoms with van der Waals surface area (Å²) < 4.78 is 7.22. The number of fused-ring (bicyclic) bond motifs is 1. The molecular weight excluding hydrogens is 430 g/mol. The van der Waals surface area contributed by atoms with Gasteiger partial charge in [0.05, 0.1) is 5.52 Å². The van der Waals surface area contributed by atoms with Crippen LogP contribution in [0.3, 0.4) is 0 Å². The van der Waals surface area contributed by atoms with Gasteiger partial charge in [-0.1, -0.05) is 30.3 Å². The van der Waals surface area contributed by atoms with Gasteiger partial charge in [0.2, 0.25) is 0 Å². The van der Waals surface area contributed by atoms with Crippen LogP contribution in [0.4, 0.5) is 0 Å². The number of nitrogens with zero attached hydrogens (tertiary/aromatic N) is 3. The summed E-state index contributed by atoms with van der Waals surface area (Å²) in [5.74, 6) is -0.253. The fourth-order valence-electron chi connectivity index (χ4n) is 6.02. The van der Waals surface area contributed by atoms with E-state index in [1.165, 1.54) is 12.0 Å². The predicted octanol–water partition coefficient (Wildman–Crippen LogP) is 4.21. The average Bonchev–Trinajstić information content (AvgIpc) is 3.18. The summed E-state index contributed by atoms with van der Waals surface area (Å²) in [6, 6.07) is 14.6. The molecular formula is C27H29N3O4. The number of aryl methyl sites for hydroxylation is 1. The van der Waals surface area contributed by atoms with Crippen LogP contribution in [-0.4, -0.2) is 57.5 Å². The summed E-state index contributed by atoms with van der Waals surface area (Å²) in [6.45, 7) is 2.40. The number of aromatic nitrogens is 2. The van der Waals surface area contributed by atoms with Crippen LogP contribution < -0.4 is 0 Å². The third-order valence-corrected chi connectivity index (χ3v) is 8.17. The quantitative estimate of drug-likeness (QED) is 0.632. The lowest BCUT2D eigenvalue weighted by Gasteiger charge is -2.34. The number of aromatic carboxylic acids is 1. The van der Waals surface area contributed by atoms with Gasteiger partial charge in [0.15, 0.2) is 5.69 Å². The van der Waals surface area contributed by atoms with E-state index in [4.69, 9.17) is 4.74 Å². The minimum atomic E-state index is -1.01. The molecule has 1 aliphatic carbocycles. The van der Waals surface area contributed by atoms with Crippen molar-refractivity contribution in [1.29, 1.82) is 0 Å². The molecule has 1 unspecified atom stereocenters. The van der Waals surface area contributed by atoms with Gasteiger partial charge in [0.1, 0.15) is 6.10 Å². The molecule has 1 amide bonds. The predicted molar refractivity (Wildman–Crippen MR) is 128 cm³/mol. The molecule has 0 radical (unpaired) electrons. The summed E-state index contributed by atoms with van der Waals surface area (Å²) in [7, 11) is 1.77. The maximum Gasteiger partial charge on any atom is 0.357 e. The summed E-state index contributed by atoms with van der Waals surface area (Å²) >= 11 is 0. The number of carbonyl (C=O) groups excluding carboxylic acids is 1. The van der Waals surface area contributed by atoms with Crippen molar-refractivity contribution in [2.45, 2.75) is 44.1 Å². The fraction of sp³-hybridized carbons (Fsp3) is 0.444. The van der Waals surface area contributed by atoms with E-state index in [2.05, 4.69) is 29.4 Å². The Bertz CT molecular complexity index is 1270. The lowest BCUT2D eigenvalue weighted by molar-refractivity contribution is -0.142. The molecule has 7 heteroatoms. The molecule has 3 fully saturated rings. The van der Waals surface area contributed by atoms with Crippen LogP contribution in [0.15, 0.2) is 42.5 Å². The minimum absolute atomic E-state index is 0.0851. The number of benzene rings is 2. The van der Waals surface area contributed by atoms with Gasteiger partial charge in [0.25, 0.3) is 5.91 Å². The number of amides is 1. The highest BCUT2D eigenvalue weighted by atomic mass is 16.5. The van der Waals surface area contributed by atoms with Crippen molar-refractivity contribution in [3.8, 4) is 11.1 Å². The monoisotopic (exact) mass is 459 g/mol. The summed E-state index contributed by atoms with van der Waals surface area (Å²) in [5, 5.41) is 14.2. The highest BCUT2D eigenvalue weighted by Gasteiger charge is 2.55. The molecule has 3 heterocycles. The third kappa shape index (κ3) is 3.50. The van der Waals surface area contributed by atoms with Gasteiger partial charge < -0.3 is 14.7 Å². The maximum absolute atomic E-state index is 12.7. The average molecular weight is 460 g/mol. The molecule has 34 heavy (non-hydrogen) atoms. The second-order valence-corrected chi connectivity index (χ2v) is 10.1. The fourth-order valence-corrected chi connectivity index (χ4v) is 6.02. The van der Waals surface area contributed by atoms with Crippen LogP contribution >= 0.6 is 0 Å². The lowest BCUT2D eigenvalue weighted by Crippen LogP contribution is -2.44. The topological polar surface area (TPSA) is 84.7 Å². The van der Waals surface area contributed by atoms with Gasteiger partial charge in [0, 0.05) is 32.1 Å². The zero-order chi connectivity index (χ0) is 23.4. The Kier molecular flexibility index (Phi) is 4.99. The summed E-state index contributed by atoms with van der Waals surface area (Å²) in [5.41, 5.74) is 4.76. The number of carboxylic acid groups (broad SMARTS) is 1. The van der Waals surface area contributed by atoms with Gasteiger partial charge in [-0.05, 0) is 72.3 Å². The number of carboxylic acids is 1. The van der Waals surface area contributed by atoms with Crippen molar-refractivity contribution in [3.05, 3.63) is 53.7 Å². The zero-order valence-electron chi connectivity index (χ0n) is 19.4. The second-order valence-electron chi connectivity index (χ2n) is 10.1. The molecule has 1 saturated carbocycles. The van der Waals surface area contributed by atoms with Gasteiger partial charge >= 0.3 is 5.97 Å². The molecule has 0 bridgehead atoms. The molecule has 7 nitrogen and oxygen atoms in total. The number of carbonyl (C=O) groups is 2. The highest BCUT2D eigenvalue weighted by Crippen LogP contribution is 2.65. The van der Waals surface area contributed by atoms with Gasteiger partial charge in [-0.25, -0.2) is 4.79 Å². The molecule has 2 atom stereocenters. The number of rotatable bonds is 4. The molecule has 3 aromatic rings. The molecule has 2 aromatic carbocycles. The molecule has 3 aliphatic rings. The van der Waals surface area contributed by atoms with Crippen molar-refractivity contribution < 1.29 is 19.4 Å². The van der Waals surface area contributed by atoms with Crippen LogP contribution in [0.5, 0.6) is 0 Å². The van der Waals surface area contributed by atoms with Crippen LogP contribution in [0, 0.1) is 5.41 Å². The first-order chi connectivity index (χ1) is 16.4. The molecule has 1 aromatic heterocycles. The SMILES string of the molecule is Cn1nc(C(=O)O)c2ccc(-c3ccc([C@@H]4CC45CCN(C(=O)C4CCCO4)CC5)cc3)cc21. The first kappa shape index (κ1) is 21.4. The van der Waals surface area contributed by atoms with Gasteiger partial charge in [-0.2, -0.15) is 5.10 Å². The number of hydrogen-bond donors (Lipinski definition) is 1. The van der Waals surface area contributed by atoms with Crippen molar-refractivity contribution >= 4 is 22.8 Å². The number of hydrogen-bond acceptors (Lipinski definition) is 4. The molecule has 1 spiro atoms. The Morgan fingerprint density at radius 1 is 1.09 bits per heavy atom. The highest BCUT2D eigenvalue weighted by molar-refractivity contribution is 6.02. The maximum atomic E-state index is 12.7. The number of piperidine rings is 1. The van der Waals surface area contributed by atoms with Gasteiger partial charge in [-0.15, -0.1) is 0 Å². The molecule has 2 aliphatic heterocycles. The number of ether oxygens (including phenoxy) is 1. The standard InChI is InChI=1S/C27H29N3O4/c1-29-22-15-19(8-9-20(22)24(28-29)26(32)33)17-4-6-18(7-5-17)21-16-27(21)10-12-30(13-11-27)25(31)23-3-2-14-34-23/h4-9,15,21,23H,2-3,10-14,16H2,1H3,(H,32,33)/t21-,23?/m0/s1. The van der Waals surface area contributed by atoms with E-state index in [0.29, 0.717) is 23.3 Å². The van der Waals surface area contributed by atoms with Crippen LogP contribution in [-0.2, 0) is 16.6 Å². The van der Waals surface area contributed by atoms with E-state index in [-0.39, 0.29) is 17.7 Å². The van der Waals surface area contributed by atoms with Crippen molar-refractivity contribution in [3.63, 3.8) is 0 Å². The molecule has 6 rings (SSSR count). The smallest absolute Gasteiger partial charge is 0.357 e. The van der Waals surface area contributed by atoms with Crippen LogP contribution in [0.2, 0.25) is 0 Å². The van der Waals surface area contributed by atoms with E-state index >= 15 is 0 Å². The van der Waals surface area contributed by atoms with E-state index < -0.39 is 5.97 Å².